The summed E-state index contributed by atoms with van der Waals surface area (Å²) in [5.74, 6) is -0.436. The van der Waals surface area contributed by atoms with Crippen molar-refractivity contribution in [3.8, 4) is 0 Å². The van der Waals surface area contributed by atoms with Crippen molar-refractivity contribution >= 4 is 11.6 Å². The molecule has 4 heteroatoms. The highest BCUT2D eigenvalue weighted by molar-refractivity contribution is 6.07. The highest BCUT2D eigenvalue weighted by Gasteiger charge is 2.46. The average molecular weight is 240 g/mol. The number of fused-ring (bicyclic) bond motifs is 1. The van der Waals surface area contributed by atoms with Crippen LogP contribution in [-0.4, -0.2) is 16.0 Å². The second-order valence-electron chi connectivity index (χ2n) is 4.45. The summed E-state index contributed by atoms with van der Waals surface area (Å²) in [6, 6.07) is 8.94. The van der Waals surface area contributed by atoms with Gasteiger partial charge in [-0.15, -0.1) is 0 Å². The van der Waals surface area contributed by atoms with Crippen LogP contribution in [0.3, 0.4) is 0 Å². The van der Waals surface area contributed by atoms with Crippen LogP contribution in [0, 0.1) is 6.92 Å². The first kappa shape index (κ1) is 10.9. The van der Waals surface area contributed by atoms with Crippen LogP contribution in [0.4, 0.5) is 5.69 Å². The normalized spacial score (nSPS) is 21.6. The molecule has 1 aromatic heterocycles. The van der Waals surface area contributed by atoms with E-state index in [1.807, 2.05) is 19.1 Å². The molecule has 3 rings (SSSR count). The van der Waals surface area contributed by atoms with Crippen molar-refractivity contribution in [2.75, 3.05) is 5.32 Å². The van der Waals surface area contributed by atoms with Gasteiger partial charge >= 0.3 is 0 Å². The van der Waals surface area contributed by atoms with Crippen LogP contribution < -0.4 is 5.32 Å². The summed E-state index contributed by atoms with van der Waals surface area (Å²) in [6.07, 6.45) is 3.10. The Bertz CT molecular complexity index is 622. The largest absolute Gasteiger partial charge is 0.372 e. The molecule has 0 radical (unpaired) electrons. The zero-order chi connectivity index (χ0) is 12.8. The summed E-state index contributed by atoms with van der Waals surface area (Å²) in [7, 11) is 0. The molecule has 0 aliphatic carbocycles. The van der Waals surface area contributed by atoms with Gasteiger partial charge in [-0.1, -0.05) is 29.8 Å². The van der Waals surface area contributed by atoms with E-state index in [2.05, 4.69) is 10.3 Å². The molecule has 1 aliphatic heterocycles. The van der Waals surface area contributed by atoms with Gasteiger partial charge in [-0.05, 0) is 18.6 Å². The zero-order valence-corrected chi connectivity index (χ0v) is 9.84. The van der Waals surface area contributed by atoms with E-state index >= 15 is 0 Å². The number of nitrogens with zero attached hydrogens (tertiary/aromatic N) is 1. The minimum Gasteiger partial charge on any atom is -0.372 e. The van der Waals surface area contributed by atoms with Crippen LogP contribution in [0.2, 0.25) is 0 Å². The van der Waals surface area contributed by atoms with E-state index in [4.69, 9.17) is 0 Å². The van der Waals surface area contributed by atoms with Crippen molar-refractivity contribution in [2.24, 2.45) is 0 Å². The standard InChI is InChI=1S/C14H12N2O2/c1-9-2-4-10(5-3-9)14(18)11-8-15-7-6-12(11)16-13(14)17/h2-8,18H,1H3,(H,16,17). The number of aryl methyl sites for hydroxylation is 1. The lowest BCUT2D eigenvalue weighted by Gasteiger charge is -2.21. The van der Waals surface area contributed by atoms with Crippen LogP contribution in [0.1, 0.15) is 16.7 Å². The van der Waals surface area contributed by atoms with E-state index in [1.54, 1.807) is 24.4 Å². The first-order valence-corrected chi connectivity index (χ1v) is 5.68. The maximum Gasteiger partial charge on any atom is 0.265 e. The van der Waals surface area contributed by atoms with Gasteiger partial charge in [-0.2, -0.15) is 0 Å². The number of aromatic nitrogens is 1. The number of rotatable bonds is 1. The summed E-state index contributed by atoms with van der Waals surface area (Å²) in [5, 5.41) is 13.4. The van der Waals surface area contributed by atoms with Crippen LogP contribution in [0.15, 0.2) is 42.7 Å². The number of pyridine rings is 1. The number of hydrogen-bond donors (Lipinski definition) is 2. The molecule has 2 aromatic rings. The van der Waals surface area contributed by atoms with Gasteiger partial charge in [0.1, 0.15) is 0 Å². The van der Waals surface area contributed by atoms with Gasteiger partial charge in [0.2, 0.25) is 0 Å². The predicted molar refractivity (Wildman–Crippen MR) is 67.0 cm³/mol. The fourth-order valence-corrected chi connectivity index (χ4v) is 2.21. The van der Waals surface area contributed by atoms with E-state index in [-0.39, 0.29) is 0 Å². The Hall–Kier alpha value is -2.20. The topological polar surface area (TPSA) is 62.2 Å². The Morgan fingerprint density at radius 1 is 1.22 bits per heavy atom. The Morgan fingerprint density at radius 2 is 1.94 bits per heavy atom. The van der Waals surface area contributed by atoms with Gasteiger partial charge in [-0.25, -0.2) is 0 Å². The molecule has 0 saturated carbocycles. The number of amides is 1. The fourth-order valence-electron chi connectivity index (χ4n) is 2.21. The monoisotopic (exact) mass is 240 g/mol. The minimum absolute atomic E-state index is 0.436. The molecule has 1 aromatic carbocycles. The van der Waals surface area contributed by atoms with Gasteiger partial charge < -0.3 is 10.4 Å². The first-order valence-electron chi connectivity index (χ1n) is 5.68. The van der Waals surface area contributed by atoms with Gasteiger partial charge in [-0.3, -0.25) is 9.78 Å². The molecular formula is C14H12N2O2. The molecular weight excluding hydrogens is 228 g/mol. The first-order chi connectivity index (χ1) is 8.62. The molecule has 1 amide bonds. The highest BCUT2D eigenvalue weighted by Crippen LogP contribution is 2.39. The molecule has 0 spiro atoms. The number of nitrogens with one attached hydrogen (secondary N) is 1. The smallest absolute Gasteiger partial charge is 0.265 e. The third-order valence-electron chi connectivity index (χ3n) is 3.26. The summed E-state index contributed by atoms with van der Waals surface area (Å²) in [4.78, 5) is 16.0. The summed E-state index contributed by atoms with van der Waals surface area (Å²) in [5.41, 5.74) is 1.10. The van der Waals surface area contributed by atoms with Crippen molar-refractivity contribution in [2.45, 2.75) is 12.5 Å². The molecule has 90 valence electrons. The quantitative estimate of drug-likeness (QED) is 0.795. The van der Waals surface area contributed by atoms with Crippen molar-refractivity contribution in [1.82, 2.24) is 4.98 Å². The molecule has 1 unspecified atom stereocenters. The molecule has 2 N–H and O–H groups in total. The molecule has 2 heterocycles. The molecule has 0 bridgehead atoms. The van der Waals surface area contributed by atoms with Gasteiger partial charge in [0.15, 0.2) is 5.60 Å². The second-order valence-corrected chi connectivity index (χ2v) is 4.45. The fraction of sp³-hybridized carbons (Fsp3) is 0.143. The van der Waals surface area contributed by atoms with Gasteiger partial charge in [0.05, 0.1) is 5.69 Å². The van der Waals surface area contributed by atoms with Crippen molar-refractivity contribution < 1.29 is 9.90 Å². The number of anilines is 1. The van der Waals surface area contributed by atoms with Crippen molar-refractivity contribution in [3.05, 3.63) is 59.4 Å². The van der Waals surface area contributed by atoms with E-state index in [0.29, 0.717) is 16.8 Å². The Balaban J connectivity index is 2.20. The third kappa shape index (κ3) is 1.36. The van der Waals surface area contributed by atoms with Crippen LogP contribution in [0.5, 0.6) is 0 Å². The van der Waals surface area contributed by atoms with Gasteiger partial charge in [0.25, 0.3) is 5.91 Å². The lowest BCUT2D eigenvalue weighted by molar-refractivity contribution is -0.129. The molecule has 18 heavy (non-hydrogen) atoms. The number of carbonyl (C=O) groups is 1. The number of carbonyl (C=O) groups excluding carboxylic acids is 1. The van der Waals surface area contributed by atoms with Crippen molar-refractivity contribution in [3.63, 3.8) is 0 Å². The van der Waals surface area contributed by atoms with E-state index in [0.717, 1.165) is 5.56 Å². The lowest BCUT2D eigenvalue weighted by Crippen LogP contribution is -2.35. The molecule has 4 nitrogen and oxygen atoms in total. The minimum atomic E-state index is -1.64. The number of benzene rings is 1. The molecule has 0 fully saturated rings. The third-order valence-corrected chi connectivity index (χ3v) is 3.26. The van der Waals surface area contributed by atoms with E-state index in [1.165, 1.54) is 6.20 Å². The maximum atomic E-state index is 12.0. The summed E-state index contributed by atoms with van der Waals surface area (Å²) >= 11 is 0. The van der Waals surface area contributed by atoms with E-state index in [9.17, 15) is 9.90 Å². The molecule has 1 aliphatic rings. The predicted octanol–water partition coefficient (Wildman–Crippen LogP) is 1.58. The van der Waals surface area contributed by atoms with Crippen LogP contribution in [0.25, 0.3) is 0 Å². The number of aliphatic hydroxyl groups is 1. The molecule has 1 atom stereocenters. The van der Waals surface area contributed by atoms with Crippen molar-refractivity contribution in [1.29, 1.82) is 0 Å². The second kappa shape index (κ2) is 3.65. The highest BCUT2D eigenvalue weighted by atomic mass is 16.3. The summed E-state index contributed by atoms with van der Waals surface area (Å²) < 4.78 is 0. The average Bonchev–Trinajstić information content (AvgIpc) is 2.64. The Morgan fingerprint density at radius 3 is 2.67 bits per heavy atom. The Kier molecular flexibility index (Phi) is 2.21. The number of hydrogen-bond acceptors (Lipinski definition) is 3. The molecule has 0 saturated heterocycles. The van der Waals surface area contributed by atoms with Crippen LogP contribution in [-0.2, 0) is 10.4 Å². The lowest BCUT2D eigenvalue weighted by atomic mass is 9.88. The zero-order valence-electron chi connectivity index (χ0n) is 9.84. The maximum absolute atomic E-state index is 12.0. The Labute approximate surface area is 104 Å². The van der Waals surface area contributed by atoms with E-state index < -0.39 is 11.5 Å². The van der Waals surface area contributed by atoms with Crippen LogP contribution >= 0.6 is 0 Å². The summed E-state index contributed by atoms with van der Waals surface area (Å²) in [6.45, 7) is 1.96. The SMILES string of the molecule is Cc1ccc(C2(O)C(=O)Nc3ccncc32)cc1. The van der Waals surface area contributed by atoms with Gasteiger partial charge in [0, 0.05) is 18.0 Å².